The number of aliphatic hydroxyl groups is 1. The molecule has 2 aromatic carbocycles. The van der Waals surface area contributed by atoms with Crippen molar-refractivity contribution in [2.45, 2.75) is 13.2 Å². The minimum Gasteiger partial charge on any atom is -0.496 e. The lowest BCUT2D eigenvalue weighted by molar-refractivity contribution is 0.274. The zero-order chi connectivity index (χ0) is 13.7. The summed E-state index contributed by atoms with van der Waals surface area (Å²) in [5.74, 6) is 0.422. The quantitative estimate of drug-likeness (QED) is 0.869. The van der Waals surface area contributed by atoms with Crippen molar-refractivity contribution in [3.8, 4) is 5.75 Å². The highest BCUT2D eigenvalue weighted by atomic mass is 19.1. The number of anilines is 1. The van der Waals surface area contributed by atoms with Crippen LogP contribution < -0.4 is 10.1 Å². The van der Waals surface area contributed by atoms with Crippen LogP contribution in [-0.2, 0) is 13.2 Å². The topological polar surface area (TPSA) is 41.5 Å². The van der Waals surface area contributed by atoms with Crippen LogP contribution in [0.1, 0.15) is 11.1 Å². The van der Waals surface area contributed by atoms with Crippen LogP contribution in [0.25, 0.3) is 0 Å². The summed E-state index contributed by atoms with van der Waals surface area (Å²) in [6, 6.07) is 11.9. The Morgan fingerprint density at radius 3 is 2.53 bits per heavy atom. The van der Waals surface area contributed by atoms with Gasteiger partial charge in [0.1, 0.15) is 11.6 Å². The number of nitrogens with one attached hydrogen (secondary N) is 1. The Hall–Kier alpha value is -2.07. The summed E-state index contributed by atoms with van der Waals surface area (Å²) in [4.78, 5) is 0. The van der Waals surface area contributed by atoms with Gasteiger partial charge < -0.3 is 15.2 Å². The number of aliphatic hydroxyl groups excluding tert-OH is 1. The first kappa shape index (κ1) is 13.4. The van der Waals surface area contributed by atoms with Crippen LogP contribution in [0.15, 0.2) is 42.5 Å². The van der Waals surface area contributed by atoms with Gasteiger partial charge in [-0.25, -0.2) is 4.39 Å². The lowest BCUT2D eigenvalue weighted by Gasteiger charge is -2.11. The van der Waals surface area contributed by atoms with Crippen molar-refractivity contribution in [2.24, 2.45) is 0 Å². The Kier molecular flexibility index (Phi) is 4.36. The first-order chi connectivity index (χ1) is 9.22. The van der Waals surface area contributed by atoms with E-state index in [0.717, 1.165) is 16.8 Å². The molecule has 2 N–H and O–H groups in total. The molecule has 0 bridgehead atoms. The first-order valence-corrected chi connectivity index (χ1v) is 5.99. The van der Waals surface area contributed by atoms with Gasteiger partial charge in [0, 0.05) is 17.8 Å². The van der Waals surface area contributed by atoms with Crippen LogP contribution in [-0.4, -0.2) is 12.2 Å². The molecule has 0 aromatic heterocycles. The highest BCUT2D eigenvalue weighted by Gasteiger charge is 2.03. The highest BCUT2D eigenvalue weighted by molar-refractivity contribution is 5.51. The summed E-state index contributed by atoms with van der Waals surface area (Å²) in [6.45, 7) is 0.521. The average Bonchev–Trinajstić information content (AvgIpc) is 2.46. The van der Waals surface area contributed by atoms with Gasteiger partial charge in [-0.15, -0.1) is 0 Å². The number of benzene rings is 2. The number of hydrogen-bond acceptors (Lipinski definition) is 3. The summed E-state index contributed by atoms with van der Waals surface area (Å²) >= 11 is 0. The Balaban J connectivity index is 2.05. The van der Waals surface area contributed by atoms with E-state index in [1.54, 1.807) is 25.3 Å². The SMILES string of the molecule is COc1ccc(NCc2ccc(F)cc2)cc1CO. The highest BCUT2D eigenvalue weighted by Crippen LogP contribution is 2.22. The molecule has 0 spiro atoms. The second-order valence-electron chi connectivity index (χ2n) is 4.16. The van der Waals surface area contributed by atoms with Gasteiger partial charge in [-0.3, -0.25) is 0 Å². The zero-order valence-corrected chi connectivity index (χ0v) is 10.7. The van der Waals surface area contributed by atoms with Gasteiger partial charge >= 0.3 is 0 Å². The maximum atomic E-state index is 12.8. The molecule has 0 radical (unpaired) electrons. The van der Waals surface area contributed by atoms with Crippen molar-refractivity contribution in [2.75, 3.05) is 12.4 Å². The van der Waals surface area contributed by atoms with E-state index in [0.29, 0.717) is 12.3 Å². The third-order valence-corrected chi connectivity index (χ3v) is 2.86. The van der Waals surface area contributed by atoms with Gasteiger partial charge in [0.2, 0.25) is 0 Å². The van der Waals surface area contributed by atoms with E-state index in [-0.39, 0.29) is 12.4 Å². The van der Waals surface area contributed by atoms with Gasteiger partial charge in [-0.05, 0) is 35.9 Å². The van der Waals surface area contributed by atoms with Crippen LogP contribution >= 0.6 is 0 Å². The fourth-order valence-corrected chi connectivity index (χ4v) is 1.82. The molecule has 0 atom stereocenters. The smallest absolute Gasteiger partial charge is 0.124 e. The Bertz CT molecular complexity index is 540. The molecule has 4 heteroatoms. The molecule has 0 saturated carbocycles. The van der Waals surface area contributed by atoms with Crippen LogP contribution in [0.2, 0.25) is 0 Å². The fourth-order valence-electron chi connectivity index (χ4n) is 1.82. The van der Waals surface area contributed by atoms with Gasteiger partial charge in [0.05, 0.1) is 13.7 Å². The minimum atomic E-state index is -0.240. The van der Waals surface area contributed by atoms with Crippen molar-refractivity contribution < 1.29 is 14.2 Å². The summed E-state index contributed by atoms with van der Waals surface area (Å²) in [5, 5.41) is 12.5. The molecule has 2 rings (SSSR count). The zero-order valence-electron chi connectivity index (χ0n) is 10.7. The van der Waals surface area contributed by atoms with Gasteiger partial charge in [0.25, 0.3) is 0 Å². The Labute approximate surface area is 111 Å². The largest absolute Gasteiger partial charge is 0.496 e. The summed E-state index contributed by atoms with van der Waals surface area (Å²) in [6.07, 6.45) is 0. The summed E-state index contributed by atoms with van der Waals surface area (Å²) < 4.78 is 17.9. The third kappa shape index (κ3) is 3.45. The van der Waals surface area contributed by atoms with Crippen LogP contribution in [0.4, 0.5) is 10.1 Å². The third-order valence-electron chi connectivity index (χ3n) is 2.86. The standard InChI is InChI=1S/C15H16FNO2/c1-19-15-7-6-14(8-12(15)10-18)17-9-11-2-4-13(16)5-3-11/h2-8,17-18H,9-10H2,1H3. The van der Waals surface area contributed by atoms with E-state index in [1.807, 2.05) is 12.1 Å². The molecule has 0 aliphatic rings. The van der Waals surface area contributed by atoms with Gasteiger partial charge in [-0.1, -0.05) is 12.1 Å². The Morgan fingerprint density at radius 2 is 1.89 bits per heavy atom. The van der Waals surface area contributed by atoms with Gasteiger partial charge in [-0.2, -0.15) is 0 Å². The average molecular weight is 261 g/mol. The molecule has 0 fully saturated rings. The number of methoxy groups -OCH3 is 1. The van der Waals surface area contributed by atoms with Crippen molar-refractivity contribution in [3.05, 3.63) is 59.4 Å². The van der Waals surface area contributed by atoms with Gasteiger partial charge in [0.15, 0.2) is 0 Å². The number of hydrogen-bond donors (Lipinski definition) is 2. The second kappa shape index (κ2) is 6.20. The molecule has 0 amide bonds. The maximum absolute atomic E-state index is 12.8. The number of ether oxygens (including phenoxy) is 1. The lowest BCUT2D eigenvalue weighted by Crippen LogP contribution is -2.01. The molecule has 3 nitrogen and oxygen atoms in total. The first-order valence-electron chi connectivity index (χ1n) is 5.99. The molecule has 0 aliphatic carbocycles. The van der Waals surface area contributed by atoms with Crippen molar-refractivity contribution in [3.63, 3.8) is 0 Å². The van der Waals surface area contributed by atoms with E-state index >= 15 is 0 Å². The molecule has 0 aliphatic heterocycles. The predicted molar refractivity (Wildman–Crippen MR) is 72.6 cm³/mol. The molecular weight excluding hydrogens is 245 g/mol. The molecule has 100 valence electrons. The maximum Gasteiger partial charge on any atom is 0.124 e. The molecule has 2 aromatic rings. The number of halogens is 1. The van der Waals surface area contributed by atoms with E-state index in [2.05, 4.69) is 5.32 Å². The lowest BCUT2D eigenvalue weighted by atomic mass is 10.1. The van der Waals surface area contributed by atoms with Crippen molar-refractivity contribution >= 4 is 5.69 Å². The van der Waals surface area contributed by atoms with Crippen LogP contribution in [0.3, 0.4) is 0 Å². The minimum absolute atomic E-state index is 0.0742. The normalized spacial score (nSPS) is 10.3. The summed E-state index contributed by atoms with van der Waals surface area (Å²) in [7, 11) is 1.57. The van der Waals surface area contributed by atoms with Crippen molar-refractivity contribution in [1.29, 1.82) is 0 Å². The predicted octanol–water partition coefficient (Wildman–Crippen LogP) is 2.94. The monoisotopic (exact) mass is 261 g/mol. The molecule has 0 unspecified atom stereocenters. The van der Waals surface area contributed by atoms with E-state index in [1.165, 1.54) is 12.1 Å². The fraction of sp³-hybridized carbons (Fsp3) is 0.200. The molecule has 0 heterocycles. The summed E-state index contributed by atoms with van der Waals surface area (Å²) in [5.41, 5.74) is 2.60. The second-order valence-corrected chi connectivity index (χ2v) is 4.16. The Morgan fingerprint density at radius 1 is 1.16 bits per heavy atom. The number of rotatable bonds is 5. The molecule has 19 heavy (non-hydrogen) atoms. The van der Waals surface area contributed by atoms with Crippen LogP contribution in [0.5, 0.6) is 5.75 Å². The van der Waals surface area contributed by atoms with Crippen molar-refractivity contribution in [1.82, 2.24) is 0 Å². The van der Waals surface area contributed by atoms with E-state index < -0.39 is 0 Å². The van der Waals surface area contributed by atoms with E-state index in [9.17, 15) is 9.50 Å². The van der Waals surface area contributed by atoms with E-state index in [4.69, 9.17) is 4.74 Å². The molecular formula is C15H16FNO2. The van der Waals surface area contributed by atoms with Crippen LogP contribution in [0, 0.1) is 5.82 Å². The molecule has 0 saturated heterocycles.